The summed E-state index contributed by atoms with van der Waals surface area (Å²) in [5.41, 5.74) is 2.47. The van der Waals surface area contributed by atoms with Crippen LogP contribution in [0.3, 0.4) is 0 Å². The van der Waals surface area contributed by atoms with Crippen molar-refractivity contribution in [2.45, 2.75) is 26.3 Å². The molecular formula is C14H23N3O. The highest BCUT2D eigenvalue weighted by molar-refractivity contribution is 5.48. The highest BCUT2D eigenvalue weighted by atomic mass is 16.3. The molecule has 100 valence electrons. The number of aryl methyl sites for hydroxylation is 1. The number of hydrogen-bond acceptors (Lipinski definition) is 4. The molecule has 4 nitrogen and oxygen atoms in total. The lowest BCUT2D eigenvalue weighted by Gasteiger charge is -2.20. The minimum absolute atomic E-state index is 0.298. The number of pyridine rings is 1. The maximum atomic E-state index is 8.99. The molecule has 1 fully saturated rings. The quantitative estimate of drug-likeness (QED) is 0.826. The molecule has 18 heavy (non-hydrogen) atoms. The fraction of sp³-hybridized carbons (Fsp3) is 0.643. The molecule has 0 amide bonds. The van der Waals surface area contributed by atoms with Gasteiger partial charge in [-0.15, -0.1) is 0 Å². The Hall–Kier alpha value is -1.13. The highest BCUT2D eigenvalue weighted by Crippen LogP contribution is 2.26. The third kappa shape index (κ3) is 3.00. The second-order valence-corrected chi connectivity index (χ2v) is 5.13. The lowest BCUT2D eigenvalue weighted by Crippen LogP contribution is -2.22. The molecule has 0 bridgehead atoms. The summed E-state index contributed by atoms with van der Waals surface area (Å²) in [6.45, 7) is 5.37. The minimum atomic E-state index is 0.298. The Morgan fingerprint density at radius 2 is 2.39 bits per heavy atom. The topological polar surface area (TPSA) is 48.4 Å². The Morgan fingerprint density at radius 1 is 1.56 bits per heavy atom. The molecule has 4 heteroatoms. The monoisotopic (exact) mass is 249 g/mol. The van der Waals surface area contributed by atoms with Crippen molar-refractivity contribution in [1.82, 2.24) is 10.3 Å². The van der Waals surface area contributed by atoms with Crippen LogP contribution in [0.1, 0.15) is 24.0 Å². The third-order valence-electron chi connectivity index (χ3n) is 3.61. The Kier molecular flexibility index (Phi) is 4.55. The van der Waals surface area contributed by atoms with E-state index in [-0.39, 0.29) is 0 Å². The van der Waals surface area contributed by atoms with E-state index in [0.717, 1.165) is 31.9 Å². The van der Waals surface area contributed by atoms with E-state index < -0.39 is 0 Å². The van der Waals surface area contributed by atoms with Crippen LogP contribution in [-0.2, 0) is 6.54 Å². The molecule has 2 heterocycles. The van der Waals surface area contributed by atoms with Crippen LogP contribution in [0.25, 0.3) is 0 Å². The largest absolute Gasteiger partial charge is 0.396 e. The van der Waals surface area contributed by atoms with Crippen molar-refractivity contribution < 1.29 is 5.11 Å². The lowest BCUT2D eigenvalue weighted by molar-refractivity contribution is 0.263. The molecule has 1 atom stereocenters. The first kappa shape index (κ1) is 13.3. The van der Waals surface area contributed by atoms with Crippen LogP contribution in [-0.4, -0.2) is 36.8 Å². The van der Waals surface area contributed by atoms with Crippen molar-refractivity contribution in [3.05, 3.63) is 23.4 Å². The number of hydrogen-bond donors (Lipinski definition) is 2. The first-order chi connectivity index (χ1) is 8.74. The number of nitrogens with one attached hydrogen (secondary N) is 1. The normalized spacial score (nSPS) is 19.5. The zero-order chi connectivity index (χ0) is 13.0. The molecule has 1 unspecified atom stereocenters. The lowest BCUT2D eigenvalue weighted by atomic mass is 10.1. The van der Waals surface area contributed by atoms with Crippen LogP contribution in [0, 0.1) is 12.8 Å². The molecule has 0 aromatic carbocycles. The zero-order valence-corrected chi connectivity index (χ0v) is 11.3. The smallest absolute Gasteiger partial charge is 0.131 e. The van der Waals surface area contributed by atoms with Gasteiger partial charge < -0.3 is 15.3 Å². The second-order valence-electron chi connectivity index (χ2n) is 5.13. The molecule has 1 saturated heterocycles. The van der Waals surface area contributed by atoms with Crippen molar-refractivity contribution in [1.29, 1.82) is 0 Å². The summed E-state index contributed by atoms with van der Waals surface area (Å²) < 4.78 is 0. The Labute approximate surface area is 109 Å². The van der Waals surface area contributed by atoms with Gasteiger partial charge in [-0.1, -0.05) is 0 Å². The first-order valence-corrected chi connectivity index (χ1v) is 6.70. The van der Waals surface area contributed by atoms with Gasteiger partial charge in [-0.25, -0.2) is 4.98 Å². The number of nitrogens with zero attached hydrogens (tertiary/aromatic N) is 2. The van der Waals surface area contributed by atoms with E-state index in [0.29, 0.717) is 12.5 Å². The molecule has 0 radical (unpaired) electrons. The maximum Gasteiger partial charge on any atom is 0.131 e. The van der Waals surface area contributed by atoms with E-state index >= 15 is 0 Å². The van der Waals surface area contributed by atoms with Gasteiger partial charge in [0.2, 0.25) is 0 Å². The summed E-state index contributed by atoms with van der Waals surface area (Å²) in [5.74, 6) is 1.73. The van der Waals surface area contributed by atoms with Gasteiger partial charge in [0.15, 0.2) is 0 Å². The van der Waals surface area contributed by atoms with Crippen molar-refractivity contribution in [3.8, 4) is 0 Å². The number of rotatable bonds is 5. The molecule has 1 aromatic heterocycles. The minimum Gasteiger partial charge on any atom is -0.396 e. The van der Waals surface area contributed by atoms with Gasteiger partial charge in [0, 0.05) is 32.4 Å². The highest BCUT2D eigenvalue weighted by Gasteiger charge is 2.23. The van der Waals surface area contributed by atoms with Crippen LogP contribution < -0.4 is 10.2 Å². The van der Waals surface area contributed by atoms with Crippen molar-refractivity contribution in [2.75, 3.05) is 31.6 Å². The summed E-state index contributed by atoms with van der Waals surface area (Å²) >= 11 is 0. The number of aromatic nitrogens is 1. The predicted molar refractivity (Wildman–Crippen MR) is 73.8 cm³/mol. The fourth-order valence-electron chi connectivity index (χ4n) is 2.70. The van der Waals surface area contributed by atoms with Crippen LogP contribution in [0.15, 0.2) is 12.3 Å². The van der Waals surface area contributed by atoms with Gasteiger partial charge in [-0.05, 0) is 49.9 Å². The van der Waals surface area contributed by atoms with Gasteiger partial charge in [0.05, 0.1) is 0 Å². The van der Waals surface area contributed by atoms with Gasteiger partial charge in [0.1, 0.15) is 5.82 Å². The van der Waals surface area contributed by atoms with Crippen molar-refractivity contribution >= 4 is 5.82 Å². The van der Waals surface area contributed by atoms with Gasteiger partial charge in [-0.2, -0.15) is 0 Å². The molecule has 2 N–H and O–H groups in total. The Balaban J connectivity index is 2.05. The standard InChI is InChI=1S/C14H23N3O/c1-11-7-13(8-15-2)9-16-14(11)17-5-3-12(10-17)4-6-18/h7,9,12,15,18H,3-6,8,10H2,1-2H3. The summed E-state index contributed by atoms with van der Waals surface area (Å²) in [5, 5.41) is 12.1. The average molecular weight is 249 g/mol. The average Bonchev–Trinajstić information content (AvgIpc) is 2.78. The van der Waals surface area contributed by atoms with Crippen LogP contribution in [0.4, 0.5) is 5.82 Å². The van der Waals surface area contributed by atoms with E-state index in [9.17, 15) is 0 Å². The molecule has 1 aromatic rings. The van der Waals surface area contributed by atoms with E-state index in [4.69, 9.17) is 5.11 Å². The number of aliphatic hydroxyl groups excluding tert-OH is 1. The van der Waals surface area contributed by atoms with Gasteiger partial charge >= 0.3 is 0 Å². The molecule has 0 spiro atoms. The van der Waals surface area contributed by atoms with E-state index in [1.54, 1.807) is 0 Å². The second kappa shape index (κ2) is 6.16. The van der Waals surface area contributed by atoms with Crippen LogP contribution in [0.5, 0.6) is 0 Å². The molecule has 1 aliphatic heterocycles. The summed E-state index contributed by atoms with van der Waals surface area (Å²) in [4.78, 5) is 6.94. The predicted octanol–water partition coefficient (Wildman–Crippen LogP) is 1.32. The van der Waals surface area contributed by atoms with E-state index in [1.165, 1.54) is 17.5 Å². The Bertz CT molecular complexity index is 395. The SMILES string of the molecule is CNCc1cnc(N2CCC(CCO)C2)c(C)c1. The van der Waals surface area contributed by atoms with Gasteiger partial charge in [-0.3, -0.25) is 0 Å². The summed E-state index contributed by atoms with van der Waals surface area (Å²) in [7, 11) is 1.95. The molecule has 0 aliphatic carbocycles. The van der Waals surface area contributed by atoms with Crippen LogP contribution >= 0.6 is 0 Å². The zero-order valence-electron chi connectivity index (χ0n) is 11.3. The third-order valence-corrected chi connectivity index (χ3v) is 3.61. The number of anilines is 1. The fourth-order valence-corrected chi connectivity index (χ4v) is 2.70. The summed E-state index contributed by atoms with van der Waals surface area (Å²) in [6, 6.07) is 2.21. The molecule has 0 saturated carbocycles. The van der Waals surface area contributed by atoms with E-state index in [2.05, 4.69) is 28.2 Å². The molecule has 2 rings (SSSR count). The maximum absolute atomic E-state index is 8.99. The molecule has 1 aliphatic rings. The van der Waals surface area contributed by atoms with E-state index in [1.807, 2.05) is 13.2 Å². The first-order valence-electron chi connectivity index (χ1n) is 6.70. The van der Waals surface area contributed by atoms with Gasteiger partial charge in [0.25, 0.3) is 0 Å². The van der Waals surface area contributed by atoms with Crippen molar-refractivity contribution in [2.24, 2.45) is 5.92 Å². The Morgan fingerprint density at radius 3 is 3.06 bits per heavy atom. The van der Waals surface area contributed by atoms with Crippen molar-refractivity contribution in [3.63, 3.8) is 0 Å². The molecular weight excluding hydrogens is 226 g/mol. The number of aliphatic hydroxyl groups is 1. The van der Waals surface area contributed by atoms with Crippen LogP contribution in [0.2, 0.25) is 0 Å². The summed E-state index contributed by atoms with van der Waals surface area (Å²) in [6.07, 6.45) is 4.03.